The van der Waals surface area contributed by atoms with Crippen LogP contribution in [-0.4, -0.2) is 11.7 Å². The number of halogens is 1. The number of hydrogen-bond donors (Lipinski definition) is 2. The van der Waals surface area contributed by atoms with Crippen LogP contribution < -0.4 is 10.6 Å². The van der Waals surface area contributed by atoms with Crippen LogP contribution in [0.5, 0.6) is 0 Å². The van der Waals surface area contributed by atoms with Crippen LogP contribution in [0.25, 0.3) is 0 Å². The average molecular weight is 367 g/mol. The second-order valence-electron chi connectivity index (χ2n) is 6.56. The quantitative estimate of drug-likeness (QED) is 0.724. The molecule has 0 saturated heterocycles. The third kappa shape index (κ3) is 5.73. The normalized spacial score (nSPS) is 12.5. The Hall–Kier alpha value is -1.72. The topological polar surface area (TPSA) is 50.4 Å². The molecule has 1 heterocycles. The first-order valence-electron chi connectivity index (χ1n) is 7.80. The summed E-state index contributed by atoms with van der Waals surface area (Å²) >= 11 is 7.52. The van der Waals surface area contributed by atoms with Gasteiger partial charge in [-0.2, -0.15) is 0 Å². The maximum Gasteiger partial charge on any atom is 0.407 e. The lowest BCUT2D eigenvalue weighted by atomic mass is 10.1. The number of carbonyl (C=O) groups is 1. The zero-order valence-electron chi connectivity index (χ0n) is 14.4. The summed E-state index contributed by atoms with van der Waals surface area (Å²) in [5.41, 5.74) is 2.61. The molecule has 4 nitrogen and oxygen atoms in total. The van der Waals surface area contributed by atoms with Crippen molar-refractivity contribution in [2.24, 2.45) is 0 Å². The van der Waals surface area contributed by atoms with Gasteiger partial charge in [-0.05, 0) is 56.3 Å². The second kappa shape index (κ2) is 7.90. The Kier molecular flexibility index (Phi) is 6.13. The lowest BCUT2D eigenvalue weighted by Crippen LogP contribution is -2.32. The minimum atomic E-state index is -0.505. The van der Waals surface area contributed by atoms with Gasteiger partial charge in [0.15, 0.2) is 0 Å². The van der Waals surface area contributed by atoms with Gasteiger partial charge in [0.25, 0.3) is 0 Å². The van der Waals surface area contributed by atoms with Gasteiger partial charge in [-0.1, -0.05) is 29.8 Å². The van der Waals surface area contributed by atoms with Crippen LogP contribution in [0.3, 0.4) is 0 Å². The first-order chi connectivity index (χ1) is 11.2. The van der Waals surface area contributed by atoms with Gasteiger partial charge in [-0.15, -0.1) is 11.3 Å². The van der Waals surface area contributed by atoms with Crippen LogP contribution in [0.2, 0.25) is 4.34 Å². The van der Waals surface area contributed by atoms with E-state index in [1.807, 2.05) is 56.5 Å². The zero-order valence-corrected chi connectivity index (χ0v) is 15.9. The van der Waals surface area contributed by atoms with Crippen molar-refractivity contribution < 1.29 is 9.53 Å². The number of para-hydroxylation sites is 1. The molecule has 1 atom stereocenters. The highest BCUT2D eigenvalue weighted by atomic mass is 35.5. The van der Waals surface area contributed by atoms with Gasteiger partial charge in [-0.25, -0.2) is 4.79 Å². The van der Waals surface area contributed by atoms with E-state index in [0.29, 0.717) is 6.54 Å². The number of benzene rings is 1. The molecule has 2 rings (SSSR count). The molecule has 0 fully saturated rings. The Morgan fingerprint density at radius 1 is 1.33 bits per heavy atom. The van der Waals surface area contributed by atoms with Crippen LogP contribution in [-0.2, 0) is 11.3 Å². The highest BCUT2D eigenvalue weighted by Crippen LogP contribution is 2.28. The second-order valence-corrected chi connectivity index (χ2v) is 8.11. The first-order valence-corrected chi connectivity index (χ1v) is 9.05. The van der Waals surface area contributed by atoms with Crippen molar-refractivity contribution in [2.75, 3.05) is 5.32 Å². The fraction of sp³-hybridized carbons (Fsp3) is 0.389. The number of ether oxygens (including phenoxy) is 1. The molecule has 0 aliphatic rings. The predicted molar refractivity (Wildman–Crippen MR) is 101 cm³/mol. The molecule has 1 unspecified atom stereocenters. The van der Waals surface area contributed by atoms with Gasteiger partial charge in [-0.3, -0.25) is 0 Å². The van der Waals surface area contributed by atoms with E-state index in [4.69, 9.17) is 16.3 Å². The van der Waals surface area contributed by atoms with E-state index < -0.39 is 11.7 Å². The Labute approximate surface area is 152 Å². The van der Waals surface area contributed by atoms with Gasteiger partial charge in [0.05, 0.1) is 4.34 Å². The summed E-state index contributed by atoms with van der Waals surface area (Å²) in [6.07, 6.45) is -0.421. The molecule has 2 aromatic rings. The van der Waals surface area contributed by atoms with E-state index in [-0.39, 0.29) is 6.04 Å². The van der Waals surface area contributed by atoms with Crippen LogP contribution in [0.15, 0.2) is 35.7 Å². The maximum absolute atomic E-state index is 11.8. The fourth-order valence-electron chi connectivity index (χ4n) is 2.16. The minimum Gasteiger partial charge on any atom is -0.444 e. The Morgan fingerprint density at radius 2 is 2.04 bits per heavy atom. The molecule has 1 aromatic carbocycles. The van der Waals surface area contributed by atoms with E-state index >= 15 is 0 Å². The lowest BCUT2D eigenvalue weighted by molar-refractivity contribution is 0.0523. The molecule has 0 aliphatic carbocycles. The molecular weight excluding hydrogens is 344 g/mol. The summed E-state index contributed by atoms with van der Waals surface area (Å²) in [7, 11) is 0. The number of carbonyl (C=O) groups excluding carboxylic acids is 1. The van der Waals surface area contributed by atoms with Crippen molar-refractivity contribution in [1.29, 1.82) is 0 Å². The largest absolute Gasteiger partial charge is 0.444 e. The first kappa shape index (κ1) is 18.6. The maximum atomic E-state index is 11.8. The molecule has 0 radical (unpaired) electrons. The van der Waals surface area contributed by atoms with Gasteiger partial charge >= 0.3 is 6.09 Å². The molecule has 24 heavy (non-hydrogen) atoms. The molecule has 1 amide bonds. The monoisotopic (exact) mass is 366 g/mol. The van der Waals surface area contributed by atoms with Gasteiger partial charge in [0, 0.05) is 18.3 Å². The number of rotatable bonds is 5. The van der Waals surface area contributed by atoms with Crippen LogP contribution in [0.4, 0.5) is 10.5 Å². The van der Waals surface area contributed by atoms with Crippen molar-refractivity contribution in [1.82, 2.24) is 5.32 Å². The number of nitrogens with one attached hydrogen (secondary N) is 2. The predicted octanol–water partition coefficient (Wildman–Crippen LogP) is 5.60. The van der Waals surface area contributed by atoms with Crippen molar-refractivity contribution in [3.8, 4) is 0 Å². The standard InChI is InChI=1S/C18H23ClN2O2S/c1-12(14-9-16(19)24-11-14)21-15-8-6-5-7-13(15)10-20-17(22)23-18(2,3)4/h5-9,11-12,21H,10H2,1-4H3,(H,20,22). The summed E-state index contributed by atoms with van der Waals surface area (Å²) in [4.78, 5) is 11.8. The van der Waals surface area contributed by atoms with Crippen molar-refractivity contribution in [2.45, 2.75) is 45.9 Å². The summed E-state index contributed by atoms with van der Waals surface area (Å²) in [5.74, 6) is 0. The average Bonchev–Trinajstić information content (AvgIpc) is 2.91. The Balaban J connectivity index is 2.01. The highest BCUT2D eigenvalue weighted by Gasteiger charge is 2.16. The van der Waals surface area contributed by atoms with E-state index in [1.165, 1.54) is 11.3 Å². The Bertz CT molecular complexity index is 694. The number of thiophene rings is 1. The molecule has 1 aromatic heterocycles. The molecule has 0 spiro atoms. The molecule has 0 aliphatic heterocycles. The number of anilines is 1. The number of amides is 1. The van der Waals surface area contributed by atoms with E-state index in [2.05, 4.69) is 17.6 Å². The third-order valence-electron chi connectivity index (χ3n) is 3.30. The Morgan fingerprint density at radius 3 is 2.67 bits per heavy atom. The summed E-state index contributed by atoms with van der Waals surface area (Å²) in [6, 6.07) is 9.97. The van der Waals surface area contributed by atoms with Crippen LogP contribution in [0, 0.1) is 0 Å². The van der Waals surface area contributed by atoms with Gasteiger partial charge in [0.1, 0.15) is 5.60 Å². The van der Waals surface area contributed by atoms with E-state index in [9.17, 15) is 4.79 Å². The lowest BCUT2D eigenvalue weighted by Gasteiger charge is -2.21. The van der Waals surface area contributed by atoms with Crippen molar-refractivity contribution in [3.05, 3.63) is 51.2 Å². The van der Waals surface area contributed by atoms with Gasteiger partial charge < -0.3 is 15.4 Å². The summed E-state index contributed by atoms with van der Waals surface area (Å²) in [5, 5.41) is 8.30. The number of hydrogen-bond acceptors (Lipinski definition) is 4. The zero-order chi connectivity index (χ0) is 17.7. The molecule has 2 N–H and O–H groups in total. The highest BCUT2D eigenvalue weighted by molar-refractivity contribution is 7.14. The summed E-state index contributed by atoms with van der Waals surface area (Å²) < 4.78 is 6.05. The van der Waals surface area contributed by atoms with E-state index in [1.54, 1.807) is 0 Å². The molecular formula is C18H23ClN2O2S. The SMILES string of the molecule is CC(Nc1ccccc1CNC(=O)OC(C)(C)C)c1csc(Cl)c1. The fourth-order valence-corrected chi connectivity index (χ4v) is 3.15. The van der Waals surface area contributed by atoms with Crippen LogP contribution >= 0.6 is 22.9 Å². The molecule has 0 bridgehead atoms. The molecule has 0 saturated carbocycles. The molecule has 6 heteroatoms. The van der Waals surface area contributed by atoms with Gasteiger partial charge in [0.2, 0.25) is 0 Å². The van der Waals surface area contributed by atoms with Crippen molar-refractivity contribution >= 4 is 34.7 Å². The number of alkyl carbamates (subject to hydrolysis) is 1. The summed E-state index contributed by atoms with van der Waals surface area (Å²) in [6.45, 7) is 8.01. The molecule has 130 valence electrons. The van der Waals surface area contributed by atoms with E-state index in [0.717, 1.165) is 21.2 Å². The third-order valence-corrected chi connectivity index (χ3v) is 4.41. The van der Waals surface area contributed by atoms with Crippen LogP contribution in [0.1, 0.15) is 44.9 Å². The van der Waals surface area contributed by atoms with Crippen molar-refractivity contribution in [3.63, 3.8) is 0 Å². The minimum absolute atomic E-state index is 0.122. The smallest absolute Gasteiger partial charge is 0.407 e.